The molecule has 0 saturated heterocycles. The third-order valence-corrected chi connectivity index (χ3v) is 2.94. The van der Waals surface area contributed by atoms with Gasteiger partial charge in [0.25, 0.3) is 0 Å². The smallest absolute Gasteiger partial charge is 0.234 e. The van der Waals surface area contributed by atoms with Gasteiger partial charge in [0, 0.05) is 5.56 Å². The van der Waals surface area contributed by atoms with Crippen LogP contribution < -0.4 is 5.32 Å². The number of amides is 1. The molecule has 1 aromatic heterocycles. The quantitative estimate of drug-likeness (QED) is 0.675. The van der Waals surface area contributed by atoms with E-state index in [1.165, 1.54) is 11.3 Å². The molecule has 6 heteroatoms. The predicted molar refractivity (Wildman–Crippen MR) is 68.7 cm³/mol. The fourth-order valence-electron chi connectivity index (χ4n) is 1.38. The van der Waals surface area contributed by atoms with E-state index < -0.39 is 0 Å². The van der Waals surface area contributed by atoms with Gasteiger partial charge in [-0.2, -0.15) is 0 Å². The van der Waals surface area contributed by atoms with Gasteiger partial charge in [-0.1, -0.05) is 41.7 Å². The first-order chi connectivity index (χ1) is 8.65. The monoisotopic (exact) mass is 261 g/mol. The Morgan fingerprint density at radius 1 is 1.22 bits per heavy atom. The number of aromatic nitrogens is 2. The molecule has 0 aliphatic heterocycles. The van der Waals surface area contributed by atoms with E-state index in [0.717, 1.165) is 5.01 Å². The van der Waals surface area contributed by atoms with Crippen LogP contribution in [-0.2, 0) is 4.79 Å². The van der Waals surface area contributed by atoms with Crippen LogP contribution in [0.5, 0.6) is 0 Å². The molecule has 0 spiro atoms. The molecule has 0 saturated carbocycles. The number of rotatable bonds is 4. The van der Waals surface area contributed by atoms with Gasteiger partial charge in [-0.15, -0.1) is 10.2 Å². The highest BCUT2D eigenvalue weighted by atomic mass is 32.1. The summed E-state index contributed by atoms with van der Waals surface area (Å²) in [6, 6.07) is 8.72. The lowest BCUT2D eigenvalue weighted by Gasteiger charge is -2.00. The minimum atomic E-state index is -0.375. The number of carbonyl (C=O) groups is 2. The number of hydrogen-bond acceptors (Lipinski definition) is 5. The molecule has 0 fully saturated rings. The fourth-order valence-corrected chi connectivity index (χ4v) is 1.99. The summed E-state index contributed by atoms with van der Waals surface area (Å²) in [5.74, 6) is -0.589. The number of benzene rings is 1. The SMILES string of the molecule is Cc1nnc(NC(=O)CC(=O)c2ccccc2)s1. The number of anilines is 1. The Hall–Kier alpha value is -2.08. The maximum Gasteiger partial charge on any atom is 0.234 e. The van der Waals surface area contributed by atoms with E-state index in [9.17, 15) is 9.59 Å². The molecule has 1 aromatic carbocycles. The Bertz CT molecular complexity index is 566. The number of nitrogens with zero attached hydrogens (tertiary/aromatic N) is 2. The number of ketones is 1. The summed E-state index contributed by atoms with van der Waals surface area (Å²) in [5.41, 5.74) is 0.529. The second-order valence-corrected chi connectivity index (χ2v) is 4.82. The largest absolute Gasteiger partial charge is 0.300 e. The van der Waals surface area contributed by atoms with Crippen LogP contribution in [0.1, 0.15) is 21.8 Å². The summed E-state index contributed by atoms with van der Waals surface area (Å²) in [4.78, 5) is 23.4. The average Bonchev–Trinajstić information content (AvgIpc) is 2.75. The van der Waals surface area contributed by atoms with E-state index in [1.807, 2.05) is 6.07 Å². The first-order valence-electron chi connectivity index (χ1n) is 5.33. The molecule has 0 atom stereocenters. The van der Waals surface area contributed by atoms with Gasteiger partial charge in [-0.25, -0.2) is 0 Å². The van der Waals surface area contributed by atoms with Crippen molar-refractivity contribution in [2.24, 2.45) is 0 Å². The Labute approximate surface area is 108 Å². The molecule has 2 aromatic rings. The molecule has 1 heterocycles. The lowest BCUT2D eigenvalue weighted by atomic mass is 10.1. The number of hydrogen-bond donors (Lipinski definition) is 1. The summed E-state index contributed by atoms with van der Waals surface area (Å²) >= 11 is 1.27. The van der Waals surface area contributed by atoms with Crippen molar-refractivity contribution < 1.29 is 9.59 Å². The lowest BCUT2D eigenvalue weighted by Crippen LogP contribution is -2.16. The van der Waals surface area contributed by atoms with Gasteiger partial charge in [0.05, 0.1) is 6.42 Å². The molecule has 92 valence electrons. The fraction of sp³-hybridized carbons (Fsp3) is 0.167. The zero-order valence-corrected chi connectivity index (χ0v) is 10.5. The van der Waals surface area contributed by atoms with Crippen LogP contribution >= 0.6 is 11.3 Å². The van der Waals surface area contributed by atoms with Gasteiger partial charge in [-0.3, -0.25) is 9.59 Å². The standard InChI is InChI=1S/C12H11N3O2S/c1-8-14-15-12(18-8)13-11(17)7-10(16)9-5-3-2-4-6-9/h2-6H,7H2,1H3,(H,13,15,17). The number of Topliss-reactive ketones (excluding diaryl/α,β-unsaturated/α-hetero) is 1. The van der Waals surface area contributed by atoms with E-state index in [0.29, 0.717) is 10.7 Å². The summed E-state index contributed by atoms with van der Waals surface area (Å²) in [5, 5.41) is 11.3. The minimum Gasteiger partial charge on any atom is -0.300 e. The average molecular weight is 261 g/mol. The Morgan fingerprint density at radius 2 is 1.94 bits per heavy atom. The van der Waals surface area contributed by atoms with Crippen LogP contribution in [0.25, 0.3) is 0 Å². The number of nitrogens with one attached hydrogen (secondary N) is 1. The van der Waals surface area contributed by atoms with Crippen LogP contribution in [0.15, 0.2) is 30.3 Å². The van der Waals surface area contributed by atoms with Gasteiger partial charge in [0.1, 0.15) is 5.01 Å². The minimum absolute atomic E-state index is 0.192. The van der Waals surface area contributed by atoms with Crippen LogP contribution in [-0.4, -0.2) is 21.9 Å². The Morgan fingerprint density at radius 3 is 2.56 bits per heavy atom. The van der Waals surface area contributed by atoms with E-state index >= 15 is 0 Å². The molecule has 1 N–H and O–H groups in total. The molecule has 18 heavy (non-hydrogen) atoms. The third kappa shape index (κ3) is 3.21. The molecule has 1 amide bonds. The zero-order chi connectivity index (χ0) is 13.0. The molecular weight excluding hydrogens is 250 g/mol. The van der Waals surface area contributed by atoms with Crippen molar-refractivity contribution in [2.75, 3.05) is 5.32 Å². The molecule has 0 aliphatic rings. The maximum atomic E-state index is 11.8. The van der Waals surface area contributed by atoms with Crippen molar-refractivity contribution in [1.29, 1.82) is 0 Å². The highest BCUT2D eigenvalue weighted by Crippen LogP contribution is 2.14. The molecular formula is C12H11N3O2S. The van der Waals surface area contributed by atoms with Crippen LogP contribution in [0.4, 0.5) is 5.13 Å². The number of aryl methyl sites for hydroxylation is 1. The summed E-state index contributed by atoms with van der Waals surface area (Å²) in [6.45, 7) is 1.79. The van der Waals surface area contributed by atoms with Gasteiger partial charge >= 0.3 is 0 Å². The zero-order valence-electron chi connectivity index (χ0n) is 9.71. The first-order valence-corrected chi connectivity index (χ1v) is 6.15. The van der Waals surface area contributed by atoms with Crippen LogP contribution in [0.3, 0.4) is 0 Å². The molecule has 5 nitrogen and oxygen atoms in total. The third-order valence-electron chi connectivity index (χ3n) is 2.19. The summed E-state index contributed by atoms with van der Waals surface area (Å²) in [6.07, 6.45) is -0.192. The summed E-state index contributed by atoms with van der Waals surface area (Å²) < 4.78 is 0. The van der Waals surface area contributed by atoms with Crippen molar-refractivity contribution in [3.63, 3.8) is 0 Å². The van der Waals surface area contributed by atoms with Crippen molar-refractivity contribution >= 4 is 28.2 Å². The number of carbonyl (C=O) groups excluding carboxylic acids is 2. The summed E-state index contributed by atoms with van der Waals surface area (Å²) in [7, 11) is 0. The van der Waals surface area contributed by atoms with E-state index in [1.54, 1.807) is 31.2 Å². The van der Waals surface area contributed by atoms with Gasteiger partial charge < -0.3 is 5.32 Å². The van der Waals surface area contributed by atoms with Crippen LogP contribution in [0, 0.1) is 6.92 Å². The Kier molecular flexibility index (Phi) is 3.78. The van der Waals surface area contributed by atoms with Crippen molar-refractivity contribution in [3.05, 3.63) is 40.9 Å². The molecule has 0 radical (unpaired) electrons. The van der Waals surface area contributed by atoms with Crippen LogP contribution in [0.2, 0.25) is 0 Å². The molecule has 0 aliphatic carbocycles. The Balaban J connectivity index is 1.94. The van der Waals surface area contributed by atoms with E-state index in [-0.39, 0.29) is 18.1 Å². The topological polar surface area (TPSA) is 72.0 Å². The van der Waals surface area contributed by atoms with Crippen molar-refractivity contribution in [3.8, 4) is 0 Å². The highest BCUT2D eigenvalue weighted by Gasteiger charge is 2.13. The van der Waals surface area contributed by atoms with Gasteiger partial charge in [0.2, 0.25) is 11.0 Å². The van der Waals surface area contributed by atoms with Gasteiger partial charge in [0.15, 0.2) is 5.78 Å². The predicted octanol–water partition coefficient (Wildman–Crippen LogP) is 2.06. The second-order valence-electron chi connectivity index (χ2n) is 3.64. The normalized spacial score (nSPS) is 10.1. The molecule has 0 bridgehead atoms. The lowest BCUT2D eigenvalue weighted by molar-refractivity contribution is -0.115. The molecule has 2 rings (SSSR count). The first kappa shape index (κ1) is 12.4. The van der Waals surface area contributed by atoms with Crippen molar-refractivity contribution in [2.45, 2.75) is 13.3 Å². The second kappa shape index (κ2) is 5.50. The van der Waals surface area contributed by atoms with Gasteiger partial charge in [-0.05, 0) is 6.92 Å². The molecule has 0 unspecified atom stereocenters. The highest BCUT2D eigenvalue weighted by molar-refractivity contribution is 7.15. The maximum absolute atomic E-state index is 11.8. The van der Waals surface area contributed by atoms with E-state index in [4.69, 9.17) is 0 Å². The van der Waals surface area contributed by atoms with E-state index in [2.05, 4.69) is 15.5 Å². The van der Waals surface area contributed by atoms with Crippen molar-refractivity contribution in [1.82, 2.24) is 10.2 Å².